The molecule has 1 amide bonds. The Hall–Kier alpha value is -2.19. The van der Waals surface area contributed by atoms with Crippen molar-refractivity contribution in [3.63, 3.8) is 0 Å². The fourth-order valence-electron chi connectivity index (χ4n) is 2.54. The molecule has 2 heterocycles. The van der Waals surface area contributed by atoms with Crippen LogP contribution in [-0.4, -0.2) is 42.5 Å². The number of fused-ring (bicyclic) bond motifs is 1. The minimum absolute atomic E-state index is 0.0163. The molecule has 0 unspecified atom stereocenters. The topological polar surface area (TPSA) is 75.4 Å². The van der Waals surface area contributed by atoms with E-state index in [0.29, 0.717) is 22.2 Å². The molecule has 0 bridgehead atoms. The van der Waals surface area contributed by atoms with E-state index in [9.17, 15) is 9.59 Å². The largest absolute Gasteiger partial charge is 0.481 e. The molecular weight excluding hydrogens is 346 g/mol. The van der Waals surface area contributed by atoms with Crippen LogP contribution in [0.3, 0.4) is 0 Å². The second-order valence-electron chi connectivity index (χ2n) is 5.36. The standard InChI is InChI=1S/C16H15N3O3S2/c1-18-12(10-5-2-3-6-11(10)17-18)9-13-15(22)19(16(23)24-13)8-4-7-14(20)21/h2-3,5-6,9H,4,7-8H2,1H3,(H,20,21)/b13-9-. The smallest absolute Gasteiger partial charge is 0.303 e. The molecule has 1 aliphatic rings. The Morgan fingerprint density at radius 2 is 2.17 bits per heavy atom. The third-order valence-corrected chi connectivity index (χ3v) is 5.08. The number of aromatic nitrogens is 2. The summed E-state index contributed by atoms with van der Waals surface area (Å²) in [6.07, 6.45) is 2.19. The third kappa shape index (κ3) is 3.20. The van der Waals surface area contributed by atoms with E-state index in [1.165, 1.54) is 16.7 Å². The third-order valence-electron chi connectivity index (χ3n) is 3.70. The molecule has 8 heteroatoms. The number of aryl methyl sites for hydroxylation is 1. The van der Waals surface area contributed by atoms with Gasteiger partial charge in [-0.1, -0.05) is 42.2 Å². The highest BCUT2D eigenvalue weighted by molar-refractivity contribution is 8.26. The highest BCUT2D eigenvalue weighted by atomic mass is 32.2. The molecule has 124 valence electrons. The predicted octanol–water partition coefficient (Wildman–Crippen LogP) is 2.64. The molecule has 1 N–H and O–H groups in total. The van der Waals surface area contributed by atoms with Crippen molar-refractivity contribution >= 4 is 57.2 Å². The van der Waals surface area contributed by atoms with Crippen LogP contribution < -0.4 is 0 Å². The number of carboxylic acid groups (broad SMARTS) is 1. The van der Waals surface area contributed by atoms with Crippen molar-refractivity contribution in [2.24, 2.45) is 7.05 Å². The minimum atomic E-state index is -0.877. The Morgan fingerprint density at radius 1 is 1.42 bits per heavy atom. The van der Waals surface area contributed by atoms with Gasteiger partial charge in [-0.15, -0.1) is 0 Å². The number of nitrogens with zero attached hydrogens (tertiary/aromatic N) is 3. The van der Waals surface area contributed by atoms with Gasteiger partial charge in [0.25, 0.3) is 5.91 Å². The molecule has 2 aromatic rings. The lowest BCUT2D eigenvalue weighted by Crippen LogP contribution is -2.29. The first-order chi connectivity index (χ1) is 11.5. The molecule has 3 rings (SSSR count). The van der Waals surface area contributed by atoms with Crippen LogP contribution in [0.5, 0.6) is 0 Å². The number of aliphatic carboxylic acids is 1. The summed E-state index contributed by atoms with van der Waals surface area (Å²) < 4.78 is 2.20. The Morgan fingerprint density at radius 3 is 2.92 bits per heavy atom. The molecule has 0 aliphatic carbocycles. The summed E-state index contributed by atoms with van der Waals surface area (Å²) in [5.74, 6) is -1.06. The van der Waals surface area contributed by atoms with E-state index in [1.807, 2.05) is 31.3 Å². The maximum absolute atomic E-state index is 12.5. The zero-order valence-electron chi connectivity index (χ0n) is 12.9. The lowest BCUT2D eigenvalue weighted by Gasteiger charge is -2.13. The second-order valence-corrected chi connectivity index (χ2v) is 7.03. The fourth-order valence-corrected chi connectivity index (χ4v) is 3.83. The van der Waals surface area contributed by atoms with Crippen LogP contribution in [0.4, 0.5) is 0 Å². The highest BCUT2D eigenvalue weighted by Crippen LogP contribution is 2.33. The van der Waals surface area contributed by atoms with E-state index in [1.54, 1.807) is 10.8 Å². The highest BCUT2D eigenvalue weighted by Gasteiger charge is 2.32. The Kier molecular flexibility index (Phi) is 4.68. The first-order valence-electron chi connectivity index (χ1n) is 7.36. The van der Waals surface area contributed by atoms with E-state index < -0.39 is 5.97 Å². The predicted molar refractivity (Wildman–Crippen MR) is 97.5 cm³/mol. The molecule has 0 radical (unpaired) electrons. The van der Waals surface area contributed by atoms with Gasteiger partial charge >= 0.3 is 5.97 Å². The number of hydrogen-bond donors (Lipinski definition) is 1. The van der Waals surface area contributed by atoms with Crippen LogP contribution in [0.15, 0.2) is 29.2 Å². The molecule has 1 aromatic carbocycles. The van der Waals surface area contributed by atoms with E-state index in [-0.39, 0.29) is 12.3 Å². The van der Waals surface area contributed by atoms with Crippen molar-refractivity contribution < 1.29 is 14.7 Å². The lowest BCUT2D eigenvalue weighted by molar-refractivity contribution is -0.137. The maximum Gasteiger partial charge on any atom is 0.303 e. The van der Waals surface area contributed by atoms with Crippen molar-refractivity contribution in [1.29, 1.82) is 0 Å². The number of benzene rings is 1. The first-order valence-corrected chi connectivity index (χ1v) is 8.59. The Balaban J connectivity index is 1.85. The molecule has 0 atom stereocenters. The summed E-state index contributed by atoms with van der Waals surface area (Å²) in [6.45, 7) is 0.320. The summed E-state index contributed by atoms with van der Waals surface area (Å²) in [7, 11) is 1.83. The lowest BCUT2D eigenvalue weighted by atomic mass is 10.2. The number of carbonyl (C=O) groups excluding carboxylic acids is 1. The minimum Gasteiger partial charge on any atom is -0.481 e. The van der Waals surface area contributed by atoms with Crippen LogP contribution in [0.25, 0.3) is 17.0 Å². The van der Waals surface area contributed by atoms with Crippen molar-refractivity contribution in [3.8, 4) is 0 Å². The number of rotatable bonds is 5. The van der Waals surface area contributed by atoms with Gasteiger partial charge in [-0.25, -0.2) is 0 Å². The van der Waals surface area contributed by atoms with Gasteiger partial charge in [-0.05, 0) is 18.6 Å². The Bertz CT molecular complexity index is 873. The number of carboxylic acids is 1. The van der Waals surface area contributed by atoms with E-state index in [4.69, 9.17) is 17.3 Å². The van der Waals surface area contributed by atoms with Crippen molar-refractivity contribution in [3.05, 3.63) is 34.9 Å². The molecule has 0 saturated carbocycles. The number of thiocarbonyl (C=S) groups is 1. The average Bonchev–Trinajstić information content (AvgIpc) is 2.98. The number of hydrogen-bond acceptors (Lipinski definition) is 5. The summed E-state index contributed by atoms with van der Waals surface area (Å²) in [6, 6.07) is 7.73. The number of carbonyl (C=O) groups is 2. The van der Waals surface area contributed by atoms with Gasteiger partial charge < -0.3 is 5.11 Å². The summed E-state index contributed by atoms with van der Waals surface area (Å²) in [4.78, 5) is 25.1. The van der Waals surface area contributed by atoms with Gasteiger partial charge in [-0.2, -0.15) is 5.10 Å². The molecular formula is C16H15N3O3S2. The zero-order chi connectivity index (χ0) is 17.3. The fraction of sp³-hybridized carbons (Fsp3) is 0.250. The second kappa shape index (κ2) is 6.74. The van der Waals surface area contributed by atoms with Crippen molar-refractivity contribution in [1.82, 2.24) is 14.7 Å². The molecule has 1 aromatic heterocycles. The average molecular weight is 361 g/mol. The van der Waals surface area contributed by atoms with Crippen molar-refractivity contribution in [2.75, 3.05) is 6.54 Å². The number of thioether (sulfide) groups is 1. The molecule has 1 aliphatic heterocycles. The van der Waals surface area contributed by atoms with Crippen LogP contribution in [0.2, 0.25) is 0 Å². The van der Waals surface area contributed by atoms with Gasteiger partial charge in [0.15, 0.2) is 0 Å². The first kappa shape index (κ1) is 16.7. The SMILES string of the molecule is Cn1nc2ccccc2c1/C=C1\SC(=S)N(CCCC(=O)O)C1=O. The van der Waals surface area contributed by atoms with Gasteiger partial charge in [0, 0.05) is 25.4 Å². The van der Waals surface area contributed by atoms with Crippen LogP contribution in [0.1, 0.15) is 18.5 Å². The molecule has 0 spiro atoms. The number of amides is 1. The van der Waals surface area contributed by atoms with Crippen LogP contribution in [0, 0.1) is 0 Å². The summed E-state index contributed by atoms with van der Waals surface area (Å²) >= 11 is 6.49. The van der Waals surface area contributed by atoms with Crippen molar-refractivity contribution in [2.45, 2.75) is 12.8 Å². The molecule has 1 saturated heterocycles. The van der Waals surface area contributed by atoms with Crippen LogP contribution in [-0.2, 0) is 16.6 Å². The molecule has 6 nitrogen and oxygen atoms in total. The monoisotopic (exact) mass is 361 g/mol. The van der Waals surface area contributed by atoms with Gasteiger partial charge in [0.2, 0.25) is 0 Å². The van der Waals surface area contributed by atoms with Gasteiger partial charge in [0.1, 0.15) is 4.32 Å². The summed E-state index contributed by atoms with van der Waals surface area (Å²) in [5, 5.41) is 14.1. The van der Waals surface area contributed by atoms with Crippen LogP contribution >= 0.6 is 24.0 Å². The summed E-state index contributed by atoms with van der Waals surface area (Å²) in [5.41, 5.74) is 1.71. The Labute approximate surface area is 148 Å². The maximum atomic E-state index is 12.5. The van der Waals surface area contributed by atoms with E-state index in [2.05, 4.69) is 5.10 Å². The van der Waals surface area contributed by atoms with Gasteiger partial charge in [-0.3, -0.25) is 19.2 Å². The molecule has 1 fully saturated rings. The quantitative estimate of drug-likeness (QED) is 0.652. The normalized spacial score (nSPS) is 16.5. The van der Waals surface area contributed by atoms with E-state index >= 15 is 0 Å². The van der Waals surface area contributed by atoms with E-state index in [0.717, 1.165) is 16.6 Å². The zero-order valence-corrected chi connectivity index (χ0v) is 14.6. The molecule has 24 heavy (non-hydrogen) atoms. The van der Waals surface area contributed by atoms with Gasteiger partial charge in [0.05, 0.1) is 16.1 Å².